The molecule has 25 heavy (non-hydrogen) atoms. The molecule has 0 unspecified atom stereocenters. The first kappa shape index (κ1) is 19.2. The molecule has 0 aliphatic carbocycles. The third-order valence-electron chi connectivity index (χ3n) is 4.66. The van der Waals surface area contributed by atoms with E-state index >= 15 is 0 Å². The number of oxime groups is 1. The lowest BCUT2D eigenvalue weighted by molar-refractivity contribution is -0.115. The SMILES string of the molecule is CCc1ccc2c(c1OC)CCCCN(C[C@H](C)NC(=O)/C=N\O)C2. The molecule has 1 atom stereocenters. The lowest BCUT2D eigenvalue weighted by atomic mass is 9.94. The van der Waals surface area contributed by atoms with Crippen molar-refractivity contribution < 1.29 is 14.7 Å². The van der Waals surface area contributed by atoms with Crippen molar-refractivity contribution in [1.82, 2.24) is 10.2 Å². The number of carbonyl (C=O) groups is 1. The smallest absolute Gasteiger partial charge is 0.266 e. The summed E-state index contributed by atoms with van der Waals surface area (Å²) in [5.41, 5.74) is 3.90. The maximum Gasteiger partial charge on any atom is 0.266 e. The van der Waals surface area contributed by atoms with Crippen LogP contribution in [0.1, 0.15) is 43.4 Å². The number of nitrogens with zero attached hydrogens (tertiary/aromatic N) is 2. The Kier molecular flexibility index (Phi) is 7.25. The number of hydrogen-bond acceptors (Lipinski definition) is 5. The molecule has 0 fully saturated rings. The van der Waals surface area contributed by atoms with Crippen LogP contribution in [0.5, 0.6) is 5.75 Å². The second-order valence-corrected chi connectivity index (χ2v) is 6.60. The topological polar surface area (TPSA) is 74.2 Å². The third-order valence-corrected chi connectivity index (χ3v) is 4.66. The molecule has 2 rings (SSSR count). The Balaban J connectivity index is 2.13. The number of methoxy groups -OCH3 is 1. The van der Waals surface area contributed by atoms with Crippen LogP contribution in [0.3, 0.4) is 0 Å². The lowest BCUT2D eigenvalue weighted by Crippen LogP contribution is -2.42. The van der Waals surface area contributed by atoms with Gasteiger partial charge in [0.15, 0.2) is 0 Å². The van der Waals surface area contributed by atoms with Gasteiger partial charge in [0, 0.05) is 19.1 Å². The number of fused-ring (bicyclic) bond motifs is 1. The van der Waals surface area contributed by atoms with Gasteiger partial charge in [-0.15, -0.1) is 0 Å². The standard InChI is InChI=1S/C19H29N3O3/c1-4-15-8-9-16-13-22(12-14(2)21-18(23)11-20-24)10-6-5-7-17(16)19(15)25-3/h8-9,11,14,24H,4-7,10,12-13H2,1-3H3,(H,21,23)/b20-11-/t14-/m0/s1. The number of nitrogens with one attached hydrogen (secondary N) is 1. The minimum absolute atomic E-state index is 0.0230. The maximum atomic E-state index is 11.5. The number of amides is 1. The Morgan fingerprint density at radius 2 is 2.28 bits per heavy atom. The molecule has 6 nitrogen and oxygen atoms in total. The zero-order valence-corrected chi connectivity index (χ0v) is 15.4. The largest absolute Gasteiger partial charge is 0.496 e. The molecule has 138 valence electrons. The summed E-state index contributed by atoms with van der Waals surface area (Å²) in [6.45, 7) is 6.72. The number of benzene rings is 1. The van der Waals surface area contributed by atoms with Crippen LogP contribution < -0.4 is 10.1 Å². The average Bonchev–Trinajstić information content (AvgIpc) is 2.56. The monoisotopic (exact) mass is 347 g/mol. The summed E-state index contributed by atoms with van der Waals surface area (Å²) >= 11 is 0. The van der Waals surface area contributed by atoms with Crippen molar-refractivity contribution in [3.63, 3.8) is 0 Å². The van der Waals surface area contributed by atoms with Crippen molar-refractivity contribution >= 4 is 12.1 Å². The van der Waals surface area contributed by atoms with Gasteiger partial charge in [0.05, 0.1) is 7.11 Å². The van der Waals surface area contributed by atoms with Gasteiger partial charge in [-0.2, -0.15) is 0 Å². The van der Waals surface area contributed by atoms with Gasteiger partial charge in [0.2, 0.25) is 0 Å². The minimum Gasteiger partial charge on any atom is -0.496 e. The van der Waals surface area contributed by atoms with Gasteiger partial charge in [-0.3, -0.25) is 9.69 Å². The molecule has 6 heteroatoms. The fourth-order valence-corrected chi connectivity index (χ4v) is 3.55. The van der Waals surface area contributed by atoms with Crippen molar-refractivity contribution in [2.45, 2.75) is 52.1 Å². The first-order chi connectivity index (χ1) is 12.1. The van der Waals surface area contributed by atoms with Crippen molar-refractivity contribution in [3.05, 3.63) is 28.8 Å². The van der Waals surface area contributed by atoms with Crippen molar-refractivity contribution in [2.75, 3.05) is 20.2 Å². The molecule has 0 aromatic heterocycles. The van der Waals surface area contributed by atoms with E-state index in [0.717, 1.165) is 57.3 Å². The number of ether oxygens (including phenoxy) is 1. The van der Waals surface area contributed by atoms with E-state index in [1.165, 1.54) is 16.7 Å². The normalized spacial score (nSPS) is 16.8. The highest BCUT2D eigenvalue weighted by Crippen LogP contribution is 2.31. The highest BCUT2D eigenvalue weighted by molar-refractivity contribution is 6.26. The Bertz CT molecular complexity index is 616. The summed E-state index contributed by atoms with van der Waals surface area (Å²) < 4.78 is 5.71. The van der Waals surface area contributed by atoms with E-state index in [2.05, 4.69) is 34.4 Å². The van der Waals surface area contributed by atoms with Crippen molar-refractivity contribution in [2.24, 2.45) is 5.16 Å². The molecule has 1 aliphatic heterocycles. The Labute approximate surface area is 149 Å². The van der Waals surface area contributed by atoms with E-state index in [-0.39, 0.29) is 11.9 Å². The van der Waals surface area contributed by atoms with Gasteiger partial charge < -0.3 is 15.3 Å². The zero-order chi connectivity index (χ0) is 18.2. The molecule has 0 saturated carbocycles. The second kappa shape index (κ2) is 9.42. The molecule has 1 aromatic rings. The predicted octanol–water partition coefficient (Wildman–Crippen LogP) is 2.36. The van der Waals surface area contributed by atoms with Crippen LogP contribution in [0.15, 0.2) is 17.3 Å². The van der Waals surface area contributed by atoms with E-state index in [1.807, 2.05) is 6.92 Å². The van der Waals surface area contributed by atoms with Gasteiger partial charge in [-0.1, -0.05) is 24.2 Å². The zero-order valence-electron chi connectivity index (χ0n) is 15.4. The average molecular weight is 347 g/mol. The molecule has 1 aliphatic rings. The molecule has 1 heterocycles. The highest BCUT2D eigenvalue weighted by atomic mass is 16.5. The minimum atomic E-state index is -0.378. The maximum absolute atomic E-state index is 11.5. The van der Waals surface area contributed by atoms with Gasteiger partial charge >= 0.3 is 0 Å². The van der Waals surface area contributed by atoms with E-state index < -0.39 is 0 Å². The fraction of sp³-hybridized carbons (Fsp3) is 0.579. The molecule has 2 N–H and O–H groups in total. The predicted molar refractivity (Wildman–Crippen MR) is 98.5 cm³/mol. The number of hydrogen-bond donors (Lipinski definition) is 2. The lowest BCUT2D eigenvalue weighted by Gasteiger charge is -2.29. The molecule has 0 saturated heterocycles. The Morgan fingerprint density at radius 1 is 1.48 bits per heavy atom. The molecular weight excluding hydrogens is 318 g/mol. The van der Waals surface area contributed by atoms with Crippen LogP contribution >= 0.6 is 0 Å². The quantitative estimate of drug-likeness (QED) is 0.471. The molecular formula is C19H29N3O3. The van der Waals surface area contributed by atoms with Crippen LogP contribution in [0.25, 0.3) is 0 Å². The summed E-state index contributed by atoms with van der Waals surface area (Å²) in [7, 11) is 1.76. The van der Waals surface area contributed by atoms with Crippen LogP contribution in [-0.2, 0) is 24.2 Å². The van der Waals surface area contributed by atoms with Gasteiger partial charge in [-0.25, -0.2) is 0 Å². The summed E-state index contributed by atoms with van der Waals surface area (Å²) in [6.07, 6.45) is 5.16. The summed E-state index contributed by atoms with van der Waals surface area (Å²) in [4.78, 5) is 13.9. The molecule has 1 aromatic carbocycles. The van der Waals surface area contributed by atoms with Crippen LogP contribution in [0.2, 0.25) is 0 Å². The first-order valence-corrected chi connectivity index (χ1v) is 8.96. The summed E-state index contributed by atoms with van der Waals surface area (Å²) in [5, 5.41) is 14.0. The Hall–Kier alpha value is -2.08. The molecule has 0 spiro atoms. The number of rotatable bonds is 6. The summed E-state index contributed by atoms with van der Waals surface area (Å²) in [6, 6.07) is 4.36. The highest BCUT2D eigenvalue weighted by Gasteiger charge is 2.19. The van der Waals surface area contributed by atoms with E-state index in [9.17, 15) is 4.79 Å². The molecule has 0 radical (unpaired) electrons. The van der Waals surface area contributed by atoms with E-state index in [4.69, 9.17) is 9.94 Å². The fourth-order valence-electron chi connectivity index (χ4n) is 3.55. The van der Waals surface area contributed by atoms with E-state index in [0.29, 0.717) is 0 Å². The van der Waals surface area contributed by atoms with E-state index in [1.54, 1.807) is 7.11 Å². The first-order valence-electron chi connectivity index (χ1n) is 8.96. The molecule has 0 bridgehead atoms. The summed E-state index contributed by atoms with van der Waals surface area (Å²) in [5.74, 6) is 0.666. The van der Waals surface area contributed by atoms with Crippen LogP contribution in [-0.4, -0.2) is 48.5 Å². The van der Waals surface area contributed by atoms with Gasteiger partial charge in [0.1, 0.15) is 12.0 Å². The number of aryl methyl sites for hydroxylation is 1. The number of carbonyl (C=O) groups excluding carboxylic acids is 1. The third kappa shape index (κ3) is 5.19. The van der Waals surface area contributed by atoms with Crippen molar-refractivity contribution in [3.8, 4) is 5.75 Å². The van der Waals surface area contributed by atoms with Gasteiger partial charge in [0.25, 0.3) is 5.91 Å². The molecule has 1 amide bonds. The second-order valence-electron chi connectivity index (χ2n) is 6.60. The van der Waals surface area contributed by atoms with Gasteiger partial charge in [-0.05, 0) is 55.8 Å². The Morgan fingerprint density at radius 3 is 2.96 bits per heavy atom. The van der Waals surface area contributed by atoms with Crippen LogP contribution in [0.4, 0.5) is 0 Å². The van der Waals surface area contributed by atoms with Crippen LogP contribution in [0, 0.1) is 0 Å². The van der Waals surface area contributed by atoms with Crippen molar-refractivity contribution in [1.29, 1.82) is 0 Å².